The van der Waals surface area contributed by atoms with Crippen LogP contribution < -0.4 is 4.74 Å². The monoisotopic (exact) mass is 513 g/mol. The molecule has 1 aliphatic rings. The van der Waals surface area contributed by atoms with Crippen LogP contribution in [0.15, 0.2) is 65.8 Å². The van der Waals surface area contributed by atoms with Crippen LogP contribution in [0, 0.1) is 13.8 Å². The molecule has 4 rings (SSSR count). The van der Waals surface area contributed by atoms with E-state index in [0.717, 1.165) is 17.6 Å². The SMILES string of the molecule is COCC(O)COc1ccc(-c2nc(Cc3ccc(C)cc3C)nc(C3=CC=C(C)C=C(C)C3)n2)c(O)c1. The molecule has 7 nitrogen and oxygen atoms in total. The highest BCUT2D eigenvalue weighted by molar-refractivity contribution is 5.70. The first kappa shape index (κ1) is 27.2. The number of aliphatic hydroxyl groups excluding tert-OH is 1. The van der Waals surface area contributed by atoms with Crippen LogP contribution >= 0.6 is 0 Å². The number of methoxy groups -OCH3 is 1. The Morgan fingerprint density at radius 2 is 1.71 bits per heavy atom. The van der Waals surface area contributed by atoms with Gasteiger partial charge in [0.1, 0.15) is 30.0 Å². The molecule has 198 valence electrons. The fourth-order valence-electron chi connectivity index (χ4n) is 4.43. The van der Waals surface area contributed by atoms with Crippen LogP contribution in [0.1, 0.15) is 48.6 Å². The Morgan fingerprint density at radius 3 is 2.45 bits per heavy atom. The first-order chi connectivity index (χ1) is 18.2. The lowest BCUT2D eigenvalue weighted by molar-refractivity contribution is 0.0325. The number of phenolic OH excluding ortho intramolecular Hbond substituents is 1. The molecular weight excluding hydrogens is 478 g/mol. The molecule has 0 saturated heterocycles. The number of aromatic hydroxyl groups is 1. The molecule has 38 heavy (non-hydrogen) atoms. The number of hydrogen-bond acceptors (Lipinski definition) is 7. The van der Waals surface area contributed by atoms with Crippen molar-refractivity contribution in [1.82, 2.24) is 15.0 Å². The van der Waals surface area contributed by atoms with Gasteiger partial charge in [-0.3, -0.25) is 0 Å². The van der Waals surface area contributed by atoms with E-state index in [2.05, 4.69) is 64.1 Å². The summed E-state index contributed by atoms with van der Waals surface area (Å²) < 4.78 is 10.5. The fraction of sp³-hybridized carbons (Fsp3) is 0.323. The number of aromatic nitrogens is 3. The van der Waals surface area contributed by atoms with E-state index in [1.54, 1.807) is 12.1 Å². The van der Waals surface area contributed by atoms with E-state index in [9.17, 15) is 10.2 Å². The van der Waals surface area contributed by atoms with Gasteiger partial charge in [-0.1, -0.05) is 53.1 Å². The average molecular weight is 514 g/mol. The van der Waals surface area contributed by atoms with Crippen LogP contribution in [0.4, 0.5) is 0 Å². The molecule has 0 saturated carbocycles. The van der Waals surface area contributed by atoms with Gasteiger partial charge < -0.3 is 19.7 Å². The third-order valence-electron chi connectivity index (χ3n) is 6.32. The second kappa shape index (κ2) is 12.2. The predicted molar refractivity (Wildman–Crippen MR) is 149 cm³/mol. The fourth-order valence-corrected chi connectivity index (χ4v) is 4.43. The summed E-state index contributed by atoms with van der Waals surface area (Å²) in [5, 5.41) is 20.7. The molecule has 0 bridgehead atoms. The van der Waals surface area contributed by atoms with E-state index in [-0.39, 0.29) is 19.0 Å². The van der Waals surface area contributed by atoms with Crippen LogP contribution in [-0.2, 0) is 11.2 Å². The van der Waals surface area contributed by atoms with Crippen molar-refractivity contribution in [2.45, 2.75) is 46.6 Å². The number of ether oxygens (including phenoxy) is 2. The Hall–Kier alpha value is -3.81. The summed E-state index contributed by atoms with van der Waals surface area (Å²) >= 11 is 0. The number of aliphatic hydroxyl groups is 1. The van der Waals surface area contributed by atoms with E-state index >= 15 is 0 Å². The minimum Gasteiger partial charge on any atom is -0.507 e. The summed E-state index contributed by atoms with van der Waals surface area (Å²) in [6.45, 7) is 8.56. The van der Waals surface area contributed by atoms with Crippen molar-refractivity contribution in [3.63, 3.8) is 0 Å². The molecule has 3 aromatic rings. The maximum Gasteiger partial charge on any atom is 0.167 e. The molecule has 7 heteroatoms. The van der Waals surface area contributed by atoms with Crippen molar-refractivity contribution in [3.8, 4) is 22.9 Å². The van der Waals surface area contributed by atoms with Crippen LogP contribution in [-0.4, -0.2) is 51.6 Å². The first-order valence-electron chi connectivity index (χ1n) is 12.7. The topological polar surface area (TPSA) is 97.6 Å². The maximum atomic E-state index is 10.9. The molecule has 0 aliphatic heterocycles. The van der Waals surface area contributed by atoms with Crippen molar-refractivity contribution >= 4 is 5.57 Å². The van der Waals surface area contributed by atoms with E-state index < -0.39 is 6.10 Å². The lowest BCUT2D eigenvalue weighted by Gasteiger charge is -2.14. The second-order valence-corrected chi connectivity index (χ2v) is 9.87. The minimum atomic E-state index is -0.760. The van der Waals surface area contributed by atoms with Gasteiger partial charge in [-0.25, -0.2) is 15.0 Å². The van der Waals surface area contributed by atoms with Gasteiger partial charge in [-0.05, 0) is 57.4 Å². The van der Waals surface area contributed by atoms with Gasteiger partial charge in [0.05, 0.1) is 12.2 Å². The maximum absolute atomic E-state index is 10.9. The Morgan fingerprint density at radius 1 is 0.921 bits per heavy atom. The second-order valence-electron chi connectivity index (χ2n) is 9.87. The molecule has 1 unspecified atom stereocenters. The zero-order valence-electron chi connectivity index (χ0n) is 22.7. The van der Waals surface area contributed by atoms with Gasteiger partial charge in [0.2, 0.25) is 0 Å². The highest BCUT2D eigenvalue weighted by Crippen LogP contribution is 2.32. The lowest BCUT2D eigenvalue weighted by Crippen LogP contribution is -2.22. The van der Waals surface area contributed by atoms with E-state index in [4.69, 9.17) is 24.4 Å². The number of benzene rings is 2. The van der Waals surface area contributed by atoms with E-state index in [1.165, 1.54) is 35.4 Å². The summed E-state index contributed by atoms with van der Waals surface area (Å²) in [5.74, 6) is 2.03. The highest BCUT2D eigenvalue weighted by Gasteiger charge is 2.17. The third kappa shape index (κ3) is 6.94. The summed E-state index contributed by atoms with van der Waals surface area (Å²) in [5.41, 5.74) is 7.40. The number of aryl methyl sites for hydroxylation is 2. The lowest BCUT2D eigenvalue weighted by atomic mass is 10.0. The largest absolute Gasteiger partial charge is 0.507 e. The summed E-state index contributed by atoms with van der Waals surface area (Å²) in [7, 11) is 1.52. The quantitative estimate of drug-likeness (QED) is 0.389. The van der Waals surface area contributed by atoms with Crippen molar-refractivity contribution < 1.29 is 19.7 Å². The van der Waals surface area contributed by atoms with Crippen molar-refractivity contribution in [2.24, 2.45) is 0 Å². The zero-order valence-corrected chi connectivity index (χ0v) is 22.7. The standard InChI is InChI=1S/C31H35N3O4/c1-19-7-9-24(14-21(3)12-19)30-32-29(15-23-8-6-20(2)13-22(23)4)33-31(34-30)27-11-10-26(16-28(27)36)38-18-25(35)17-37-5/h6-13,16,25,35-36H,14-15,17-18H2,1-5H3. The van der Waals surface area contributed by atoms with Crippen molar-refractivity contribution in [1.29, 1.82) is 0 Å². The molecule has 0 fully saturated rings. The molecule has 0 radical (unpaired) electrons. The Bertz CT molecular complexity index is 1410. The normalized spacial score (nSPS) is 14.3. The Labute approximate surface area is 224 Å². The number of hydrogen-bond donors (Lipinski definition) is 2. The van der Waals surface area contributed by atoms with Crippen molar-refractivity contribution in [2.75, 3.05) is 20.3 Å². The molecule has 2 N–H and O–H groups in total. The molecule has 0 spiro atoms. The molecule has 0 amide bonds. The first-order valence-corrected chi connectivity index (χ1v) is 12.7. The Balaban J connectivity index is 1.72. The van der Waals surface area contributed by atoms with Gasteiger partial charge in [0, 0.05) is 25.2 Å². The average Bonchev–Trinajstić information content (AvgIpc) is 3.04. The molecular formula is C31H35N3O4. The number of rotatable bonds is 9. The van der Waals surface area contributed by atoms with Gasteiger partial charge in [-0.2, -0.15) is 0 Å². The minimum absolute atomic E-state index is 0.0139. The third-order valence-corrected chi connectivity index (χ3v) is 6.32. The van der Waals surface area contributed by atoms with Crippen LogP contribution in [0.2, 0.25) is 0 Å². The van der Waals surface area contributed by atoms with Gasteiger partial charge in [0.25, 0.3) is 0 Å². The molecule has 1 aromatic heterocycles. The van der Waals surface area contributed by atoms with E-state index in [0.29, 0.717) is 35.2 Å². The Kier molecular flexibility index (Phi) is 8.71. The summed E-state index contributed by atoms with van der Waals surface area (Å²) in [4.78, 5) is 14.4. The van der Waals surface area contributed by atoms with Gasteiger partial charge in [0.15, 0.2) is 11.6 Å². The summed E-state index contributed by atoms with van der Waals surface area (Å²) in [6.07, 6.45) is 6.80. The molecule has 1 atom stereocenters. The molecule has 2 aromatic carbocycles. The highest BCUT2D eigenvalue weighted by atomic mass is 16.5. The zero-order chi connectivity index (χ0) is 27.2. The molecule has 1 heterocycles. The van der Waals surface area contributed by atoms with Crippen LogP contribution in [0.5, 0.6) is 11.5 Å². The van der Waals surface area contributed by atoms with Crippen LogP contribution in [0.25, 0.3) is 17.0 Å². The summed E-state index contributed by atoms with van der Waals surface area (Å²) in [6, 6.07) is 11.3. The molecule has 1 aliphatic carbocycles. The smallest absolute Gasteiger partial charge is 0.167 e. The van der Waals surface area contributed by atoms with Gasteiger partial charge >= 0.3 is 0 Å². The number of phenols is 1. The van der Waals surface area contributed by atoms with E-state index in [1.807, 2.05) is 0 Å². The predicted octanol–water partition coefficient (Wildman–Crippen LogP) is 5.52. The van der Waals surface area contributed by atoms with Crippen molar-refractivity contribution in [3.05, 3.63) is 94.1 Å². The number of allylic oxidation sites excluding steroid dienone is 6. The van der Waals surface area contributed by atoms with Gasteiger partial charge in [-0.15, -0.1) is 0 Å². The number of nitrogens with zero attached hydrogens (tertiary/aromatic N) is 3. The van der Waals surface area contributed by atoms with Crippen LogP contribution in [0.3, 0.4) is 0 Å².